The number of aliphatic hydroxyl groups excluding tert-OH is 1. The highest BCUT2D eigenvalue weighted by Crippen LogP contribution is 2.27. The maximum absolute atomic E-state index is 13.5. The van der Waals surface area contributed by atoms with Gasteiger partial charge in [-0.25, -0.2) is 14.6 Å². The number of fused-ring (bicyclic) bond motifs is 1. The van der Waals surface area contributed by atoms with Gasteiger partial charge in [0.2, 0.25) is 5.91 Å². The lowest BCUT2D eigenvalue weighted by Crippen LogP contribution is -2.56. The Balaban J connectivity index is 1.53. The summed E-state index contributed by atoms with van der Waals surface area (Å²) in [4.78, 5) is 83.1. The number of ether oxygens (including phenoxy) is 2. The highest BCUT2D eigenvalue weighted by molar-refractivity contribution is 5.99. The lowest BCUT2D eigenvalue weighted by Gasteiger charge is -2.35. The van der Waals surface area contributed by atoms with E-state index >= 15 is 0 Å². The van der Waals surface area contributed by atoms with Crippen molar-refractivity contribution in [3.05, 3.63) is 35.5 Å². The number of likely N-dealkylation sites (tertiary alicyclic amines) is 1. The van der Waals surface area contributed by atoms with Crippen LogP contribution in [-0.2, 0) is 23.9 Å². The fraction of sp³-hybridized carbons (Fsp3) is 0.500. The second-order valence-corrected chi connectivity index (χ2v) is 11.1. The molecule has 0 spiro atoms. The molecule has 2 fully saturated rings. The molecule has 0 aliphatic carbocycles. The van der Waals surface area contributed by atoms with Crippen molar-refractivity contribution < 1.29 is 53.6 Å². The molecule has 0 saturated carbocycles. The molecular formula is C30H37N5O11. The Bertz CT molecular complexity index is 1510. The Morgan fingerprint density at radius 3 is 2.39 bits per heavy atom. The van der Waals surface area contributed by atoms with Gasteiger partial charge >= 0.3 is 18.0 Å². The number of carboxylic acids is 2. The van der Waals surface area contributed by atoms with Crippen LogP contribution < -0.4 is 10.1 Å². The van der Waals surface area contributed by atoms with Gasteiger partial charge in [-0.3, -0.25) is 19.2 Å². The van der Waals surface area contributed by atoms with E-state index in [1.54, 1.807) is 25.1 Å². The Morgan fingerprint density at radius 1 is 1.04 bits per heavy atom. The smallest absolute Gasteiger partial charge is 0.409 e. The average molecular weight is 644 g/mol. The molecule has 3 atom stereocenters. The summed E-state index contributed by atoms with van der Waals surface area (Å²) in [6.45, 7) is 3.70. The number of rotatable bonds is 11. The lowest BCUT2D eigenvalue weighted by atomic mass is 10.1. The van der Waals surface area contributed by atoms with Gasteiger partial charge in [0, 0.05) is 57.0 Å². The molecule has 2 aliphatic heterocycles. The molecule has 4 N–H and O–H groups in total. The first kappa shape index (κ1) is 33.9. The van der Waals surface area contributed by atoms with E-state index in [1.807, 2.05) is 6.92 Å². The topological polar surface area (TPSA) is 216 Å². The first-order valence-electron chi connectivity index (χ1n) is 14.9. The van der Waals surface area contributed by atoms with Crippen LogP contribution in [0.1, 0.15) is 42.2 Å². The molecule has 1 aromatic heterocycles. The van der Waals surface area contributed by atoms with Crippen LogP contribution >= 0.6 is 0 Å². The molecule has 46 heavy (non-hydrogen) atoms. The van der Waals surface area contributed by atoms with Crippen LogP contribution in [0.25, 0.3) is 10.9 Å². The van der Waals surface area contributed by atoms with Gasteiger partial charge in [-0.1, -0.05) is 6.07 Å². The Kier molecular flexibility index (Phi) is 10.9. The van der Waals surface area contributed by atoms with Crippen LogP contribution in [0.3, 0.4) is 0 Å². The van der Waals surface area contributed by atoms with Crippen molar-refractivity contribution in [2.75, 3.05) is 45.9 Å². The number of aromatic nitrogens is 1. The largest absolute Gasteiger partial charge is 0.483 e. The van der Waals surface area contributed by atoms with Crippen molar-refractivity contribution >= 4 is 46.7 Å². The van der Waals surface area contributed by atoms with E-state index in [-0.39, 0.29) is 63.6 Å². The maximum atomic E-state index is 13.5. The number of carbonyl (C=O) groups is 6. The van der Waals surface area contributed by atoms with Gasteiger partial charge < -0.3 is 44.8 Å². The molecule has 4 rings (SSSR count). The summed E-state index contributed by atoms with van der Waals surface area (Å²) < 4.78 is 10.8. The second kappa shape index (κ2) is 14.9. The van der Waals surface area contributed by atoms with Crippen LogP contribution in [0.15, 0.2) is 24.3 Å². The molecule has 3 heterocycles. The van der Waals surface area contributed by atoms with Crippen molar-refractivity contribution in [2.45, 2.75) is 51.3 Å². The second-order valence-electron chi connectivity index (χ2n) is 11.1. The number of aliphatic hydroxyl groups is 1. The van der Waals surface area contributed by atoms with Gasteiger partial charge in [0.1, 0.15) is 23.5 Å². The monoisotopic (exact) mass is 643 g/mol. The van der Waals surface area contributed by atoms with Crippen molar-refractivity contribution in [2.24, 2.45) is 0 Å². The first-order chi connectivity index (χ1) is 21.9. The molecular weight excluding hydrogens is 606 g/mol. The molecule has 2 saturated heterocycles. The van der Waals surface area contributed by atoms with Gasteiger partial charge in [-0.15, -0.1) is 0 Å². The quantitative estimate of drug-likeness (QED) is 0.259. The van der Waals surface area contributed by atoms with Crippen LogP contribution in [-0.4, -0.2) is 135 Å². The lowest BCUT2D eigenvalue weighted by molar-refractivity contribution is -0.149. The Hall–Kier alpha value is -4.99. The molecule has 2 aliphatic rings. The summed E-state index contributed by atoms with van der Waals surface area (Å²) in [6.07, 6.45) is -2.19. The SMILES string of the molecule is CCOC(=O)N1CCN(C(=O)C(CCC(=O)O)NC(=O)c2cc(OCC(=O)N3C[C@H](O)C[C@@H]3C(=O)O)c3ccc(C)cc3n2)CC1. The van der Waals surface area contributed by atoms with E-state index in [0.29, 0.717) is 10.9 Å². The van der Waals surface area contributed by atoms with E-state index in [2.05, 4.69) is 10.3 Å². The highest BCUT2D eigenvalue weighted by Gasteiger charge is 2.39. The van der Waals surface area contributed by atoms with Crippen LogP contribution in [0, 0.1) is 6.92 Å². The molecule has 248 valence electrons. The summed E-state index contributed by atoms with van der Waals surface area (Å²) in [7, 11) is 0. The number of nitrogens with zero attached hydrogens (tertiary/aromatic N) is 4. The maximum Gasteiger partial charge on any atom is 0.409 e. The average Bonchev–Trinajstić information content (AvgIpc) is 3.43. The first-order valence-corrected chi connectivity index (χ1v) is 14.9. The zero-order valence-electron chi connectivity index (χ0n) is 25.5. The molecule has 0 radical (unpaired) electrons. The standard InChI is InChI=1S/C30H37N5O11/c1-3-45-30(44)34-10-8-33(9-11-34)28(41)20(6-7-26(38)39)32-27(40)22-14-24(19-5-4-17(2)12-21(19)31-22)46-16-25(37)35-15-18(36)13-23(35)29(42)43/h4-5,12,14,18,20,23,36H,3,6-11,13,15-16H2,1-2H3,(H,32,40)(H,38,39)(H,42,43)/t18-,20?,23-/m1/s1. The van der Waals surface area contributed by atoms with Crippen LogP contribution in [0.2, 0.25) is 0 Å². The third kappa shape index (κ3) is 8.18. The summed E-state index contributed by atoms with van der Waals surface area (Å²) >= 11 is 0. The summed E-state index contributed by atoms with van der Waals surface area (Å²) in [6, 6.07) is 4.02. The molecule has 16 nitrogen and oxygen atoms in total. The Labute approximate surface area is 263 Å². The van der Waals surface area contributed by atoms with Gasteiger partial charge in [-0.2, -0.15) is 0 Å². The zero-order valence-corrected chi connectivity index (χ0v) is 25.5. The highest BCUT2D eigenvalue weighted by atomic mass is 16.6. The number of piperazine rings is 1. The van der Waals surface area contributed by atoms with Crippen molar-refractivity contribution in [1.82, 2.24) is 25.0 Å². The summed E-state index contributed by atoms with van der Waals surface area (Å²) in [5.74, 6) is -4.29. The van der Waals surface area contributed by atoms with Gasteiger partial charge in [0.15, 0.2) is 6.61 Å². The number of aryl methyl sites for hydroxylation is 1. The normalized spacial score (nSPS) is 18.6. The minimum Gasteiger partial charge on any atom is -0.483 e. The number of benzene rings is 1. The number of carboxylic acid groups (broad SMARTS) is 2. The van der Waals surface area contributed by atoms with E-state index < -0.39 is 67.0 Å². The summed E-state index contributed by atoms with van der Waals surface area (Å²) in [5.41, 5.74) is 0.992. The Morgan fingerprint density at radius 2 is 1.74 bits per heavy atom. The molecule has 4 amide bonds. The fourth-order valence-corrected chi connectivity index (χ4v) is 5.39. The zero-order chi connectivity index (χ0) is 33.5. The third-order valence-corrected chi connectivity index (χ3v) is 7.76. The molecule has 0 bridgehead atoms. The molecule has 2 aromatic rings. The van der Waals surface area contributed by atoms with Crippen molar-refractivity contribution in [3.8, 4) is 5.75 Å². The number of carbonyl (C=O) groups excluding carboxylic acids is 4. The predicted molar refractivity (Wildman–Crippen MR) is 159 cm³/mol. The number of aliphatic carboxylic acids is 2. The van der Waals surface area contributed by atoms with Crippen molar-refractivity contribution in [1.29, 1.82) is 0 Å². The van der Waals surface area contributed by atoms with Crippen LogP contribution in [0.5, 0.6) is 5.75 Å². The number of β-amino-alcohol motifs (C(OH)–C–C–N with tert-alkyl or cyclic N) is 1. The van der Waals surface area contributed by atoms with Crippen LogP contribution in [0.4, 0.5) is 4.79 Å². The minimum absolute atomic E-state index is 0.0959. The van der Waals surface area contributed by atoms with E-state index in [0.717, 1.165) is 10.5 Å². The van der Waals surface area contributed by atoms with E-state index in [9.17, 15) is 44.1 Å². The number of nitrogens with one attached hydrogen (secondary N) is 1. The minimum atomic E-state index is -1.25. The predicted octanol–water partition coefficient (Wildman–Crippen LogP) is 0.232. The number of pyridine rings is 1. The number of hydrogen-bond acceptors (Lipinski definition) is 10. The van der Waals surface area contributed by atoms with Gasteiger partial charge in [-0.05, 0) is 38.0 Å². The number of amides is 4. The van der Waals surface area contributed by atoms with Crippen molar-refractivity contribution in [3.63, 3.8) is 0 Å². The molecule has 16 heteroatoms. The fourth-order valence-electron chi connectivity index (χ4n) is 5.39. The molecule has 1 aromatic carbocycles. The van der Waals surface area contributed by atoms with E-state index in [4.69, 9.17) is 9.47 Å². The third-order valence-electron chi connectivity index (χ3n) is 7.76. The number of hydrogen-bond donors (Lipinski definition) is 4. The van der Waals surface area contributed by atoms with E-state index in [1.165, 1.54) is 15.9 Å². The van der Waals surface area contributed by atoms with Gasteiger partial charge in [0.25, 0.3) is 11.8 Å². The van der Waals surface area contributed by atoms with Gasteiger partial charge in [0.05, 0.1) is 18.2 Å². The molecule has 1 unspecified atom stereocenters. The summed E-state index contributed by atoms with van der Waals surface area (Å²) in [5, 5.41) is 31.7.